The van der Waals surface area contributed by atoms with Crippen molar-refractivity contribution in [2.45, 2.75) is 45.1 Å². The summed E-state index contributed by atoms with van der Waals surface area (Å²) in [6, 6.07) is 10.7. The molecule has 1 aromatic rings. The van der Waals surface area contributed by atoms with Crippen LogP contribution in [0.2, 0.25) is 0 Å². The van der Waals surface area contributed by atoms with Crippen molar-refractivity contribution < 1.29 is 5.32 Å². The fraction of sp³-hybridized carbons (Fsp3) is 0.600. The zero-order valence-electron chi connectivity index (χ0n) is 10.9. The highest BCUT2D eigenvalue weighted by Crippen LogP contribution is 2.03. The molecule has 17 heavy (non-hydrogen) atoms. The number of unbranched alkanes of at least 4 members (excludes halogenated alkanes) is 5. The molecule has 1 rings (SSSR count). The Kier molecular flexibility index (Phi) is 8.61. The summed E-state index contributed by atoms with van der Waals surface area (Å²) in [6.45, 7) is 3.23. The monoisotopic (exact) mass is 235 g/mol. The SMILES string of the molecule is NCCCCCCCC[NH2+]Cc1ccccc1. The zero-order chi connectivity index (χ0) is 12.2. The Morgan fingerprint density at radius 3 is 2.18 bits per heavy atom. The minimum Gasteiger partial charge on any atom is -0.343 e. The summed E-state index contributed by atoms with van der Waals surface area (Å²) in [7, 11) is 0. The number of rotatable bonds is 10. The van der Waals surface area contributed by atoms with E-state index >= 15 is 0 Å². The highest BCUT2D eigenvalue weighted by atomic mass is 14.8. The molecule has 0 saturated carbocycles. The van der Waals surface area contributed by atoms with Crippen molar-refractivity contribution in [1.29, 1.82) is 0 Å². The van der Waals surface area contributed by atoms with Crippen LogP contribution in [0.3, 0.4) is 0 Å². The summed E-state index contributed by atoms with van der Waals surface area (Å²) in [5, 5.41) is 2.41. The molecule has 0 atom stereocenters. The standard InChI is InChI=1S/C15H26N2/c16-12-8-3-1-2-4-9-13-17-14-15-10-6-5-7-11-15/h5-7,10-11,17H,1-4,8-9,12-14,16H2/p+1. The molecule has 0 aromatic heterocycles. The fourth-order valence-corrected chi connectivity index (χ4v) is 2.02. The molecule has 0 heterocycles. The van der Waals surface area contributed by atoms with Crippen LogP contribution in [-0.4, -0.2) is 13.1 Å². The van der Waals surface area contributed by atoms with Crippen LogP contribution in [0.5, 0.6) is 0 Å². The molecule has 2 heteroatoms. The highest BCUT2D eigenvalue weighted by Gasteiger charge is 1.95. The Morgan fingerprint density at radius 2 is 1.47 bits per heavy atom. The van der Waals surface area contributed by atoms with Crippen LogP contribution in [-0.2, 0) is 6.54 Å². The Balaban J connectivity index is 1.85. The Labute approximate surface area is 106 Å². The summed E-state index contributed by atoms with van der Waals surface area (Å²) in [5.41, 5.74) is 6.89. The van der Waals surface area contributed by atoms with E-state index in [-0.39, 0.29) is 0 Å². The van der Waals surface area contributed by atoms with Crippen LogP contribution >= 0.6 is 0 Å². The summed E-state index contributed by atoms with van der Waals surface area (Å²) in [6.07, 6.45) is 7.95. The van der Waals surface area contributed by atoms with Crippen molar-refractivity contribution in [1.82, 2.24) is 0 Å². The molecule has 0 bridgehead atoms. The van der Waals surface area contributed by atoms with Gasteiger partial charge in [-0.1, -0.05) is 49.6 Å². The summed E-state index contributed by atoms with van der Waals surface area (Å²) >= 11 is 0. The van der Waals surface area contributed by atoms with Crippen molar-refractivity contribution in [3.63, 3.8) is 0 Å². The topological polar surface area (TPSA) is 42.6 Å². The van der Waals surface area contributed by atoms with E-state index in [1.807, 2.05) is 0 Å². The van der Waals surface area contributed by atoms with E-state index in [0.717, 1.165) is 13.1 Å². The van der Waals surface area contributed by atoms with Gasteiger partial charge in [-0.25, -0.2) is 0 Å². The molecule has 0 fully saturated rings. The molecule has 0 aliphatic rings. The second-order valence-corrected chi connectivity index (χ2v) is 4.68. The molecule has 96 valence electrons. The van der Waals surface area contributed by atoms with E-state index in [1.54, 1.807) is 0 Å². The number of hydrogen-bond acceptors (Lipinski definition) is 1. The first kappa shape index (κ1) is 14.2. The second-order valence-electron chi connectivity index (χ2n) is 4.68. The molecular weight excluding hydrogens is 208 g/mol. The van der Waals surface area contributed by atoms with E-state index in [0.29, 0.717) is 0 Å². The lowest BCUT2D eigenvalue weighted by atomic mass is 10.1. The van der Waals surface area contributed by atoms with E-state index in [1.165, 1.54) is 50.6 Å². The molecule has 1 aromatic carbocycles. The molecule has 0 aliphatic heterocycles. The van der Waals surface area contributed by atoms with Gasteiger partial charge in [-0.3, -0.25) is 0 Å². The fourth-order valence-electron chi connectivity index (χ4n) is 2.02. The largest absolute Gasteiger partial charge is 0.343 e. The molecule has 0 unspecified atom stereocenters. The van der Waals surface area contributed by atoms with Crippen LogP contribution < -0.4 is 11.1 Å². The quantitative estimate of drug-likeness (QED) is 0.599. The first-order valence-electron chi connectivity index (χ1n) is 6.99. The second kappa shape index (κ2) is 10.3. The molecule has 0 saturated heterocycles. The first-order valence-corrected chi connectivity index (χ1v) is 6.99. The maximum Gasteiger partial charge on any atom is 0.101 e. The van der Waals surface area contributed by atoms with Crippen LogP contribution in [0, 0.1) is 0 Å². The zero-order valence-corrected chi connectivity index (χ0v) is 10.9. The Hall–Kier alpha value is -0.860. The van der Waals surface area contributed by atoms with Crippen molar-refractivity contribution in [2.75, 3.05) is 13.1 Å². The van der Waals surface area contributed by atoms with Gasteiger partial charge in [0, 0.05) is 5.56 Å². The molecule has 0 radical (unpaired) electrons. The van der Waals surface area contributed by atoms with E-state index in [2.05, 4.69) is 35.6 Å². The highest BCUT2D eigenvalue weighted by molar-refractivity contribution is 5.12. The smallest absolute Gasteiger partial charge is 0.101 e. The number of benzene rings is 1. The minimum absolute atomic E-state index is 0.852. The van der Waals surface area contributed by atoms with Gasteiger partial charge in [-0.05, 0) is 25.8 Å². The van der Waals surface area contributed by atoms with Gasteiger partial charge in [0.05, 0.1) is 6.54 Å². The lowest BCUT2D eigenvalue weighted by Gasteiger charge is -2.02. The number of nitrogens with two attached hydrogens (primary N) is 2. The van der Waals surface area contributed by atoms with Crippen molar-refractivity contribution in [2.24, 2.45) is 5.73 Å². The van der Waals surface area contributed by atoms with Crippen LogP contribution in [0.1, 0.15) is 44.1 Å². The van der Waals surface area contributed by atoms with Gasteiger partial charge >= 0.3 is 0 Å². The summed E-state index contributed by atoms with van der Waals surface area (Å²) in [4.78, 5) is 0. The third kappa shape index (κ3) is 7.94. The third-order valence-corrected chi connectivity index (χ3v) is 3.09. The van der Waals surface area contributed by atoms with Crippen molar-refractivity contribution in [3.8, 4) is 0 Å². The van der Waals surface area contributed by atoms with Gasteiger partial charge in [0.2, 0.25) is 0 Å². The van der Waals surface area contributed by atoms with Gasteiger partial charge in [0.25, 0.3) is 0 Å². The summed E-state index contributed by atoms with van der Waals surface area (Å²) < 4.78 is 0. The molecule has 0 aliphatic carbocycles. The predicted octanol–water partition coefficient (Wildman–Crippen LogP) is 2.05. The lowest BCUT2D eigenvalue weighted by Crippen LogP contribution is -2.82. The van der Waals surface area contributed by atoms with Crippen LogP contribution in [0.15, 0.2) is 30.3 Å². The molecule has 0 amide bonds. The van der Waals surface area contributed by atoms with Gasteiger partial charge in [-0.2, -0.15) is 0 Å². The molecule has 2 nitrogen and oxygen atoms in total. The Bertz CT molecular complexity index is 259. The maximum atomic E-state index is 5.46. The van der Waals surface area contributed by atoms with Crippen molar-refractivity contribution >= 4 is 0 Å². The molecule has 0 spiro atoms. The summed E-state index contributed by atoms with van der Waals surface area (Å²) in [5.74, 6) is 0. The van der Waals surface area contributed by atoms with Gasteiger partial charge in [0.15, 0.2) is 0 Å². The van der Waals surface area contributed by atoms with Crippen molar-refractivity contribution in [3.05, 3.63) is 35.9 Å². The first-order chi connectivity index (χ1) is 8.43. The molecular formula is C15H27N2+. The normalized spacial score (nSPS) is 10.6. The van der Waals surface area contributed by atoms with E-state index in [4.69, 9.17) is 5.73 Å². The average molecular weight is 235 g/mol. The van der Waals surface area contributed by atoms with E-state index in [9.17, 15) is 0 Å². The van der Waals surface area contributed by atoms with E-state index < -0.39 is 0 Å². The average Bonchev–Trinajstić information content (AvgIpc) is 2.38. The predicted molar refractivity (Wildman–Crippen MR) is 73.7 cm³/mol. The van der Waals surface area contributed by atoms with Gasteiger partial charge < -0.3 is 11.1 Å². The Morgan fingerprint density at radius 1 is 0.824 bits per heavy atom. The van der Waals surface area contributed by atoms with Crippen LogP contribution in [0.25, 0.3) is 0 Å². The number of quaternary nitrogens is 1. The molecule has 4 N–H and O–H groups in total. The van der Waals surface area contributed by atoms with Gasteiger partial charge in [0.1, 0.15) is 6.54 Å². The number of hydrogen-bond donors (Lipinski definition) is 2. The minimum atomic E-state index is 0.852. The lowest BCUT2D eigenvalue weighted by molar-refractivity contribution is -0.671. The van der Waals surface area contributed by atoms with Crippen LogP contribution in [0.4, 0.5) is 0 Å². The maximum absolute atomic E-state index is 5.46. The van der Waals surface area contributed by atoms with Gasteiger partial charge in [-0.15, -0.1) is 0 Å². The third-order valence-electron chi connectivity index (χ3n) is 3.09.